The van der Waals surface area contributed by atoms with Crippen LogP contribution in [0.3, 0.4) is 0 Å². The fourth-order valence-electron chi connectivity index (χ4n) is 3.12. The summed E-state index contributed by atoms with van der Waals surface area (Å²) in [5, 5.41) is 0.698. The van der Waals surface area contributed by atoms with Gasteiger partial charge in [-0.05, 0) is 50.2 Å². The van der Waals surface area contributed by atoms with Gasteiger partial charge in [0.25, 0.3) is 0 Å². The van der Waals surface area contributed by atoms with Gasteiger partial charge in [0.1, 0.15) is 23.1 Å². The molecule has 0 spiro atoms. The van der Waals surface area contributed by atoms with Crippen LogP contribution in [0, 0.1) is 0 Å². The first kappa shape index (κ1) is 21.8. The molecule has 1 N–H and O–H groups in total. The number of rotatable bonds is 8. The minimum atomic E-state index is -3.51. The van der Waals surface area contributed by atoms with Crippen molar-refractivity contribution in [3.05, 3.63) is 47.6 Å². The molecular formula is C20H27ClN4O3S. The minimum Gasteiger partial charge on any atom is -0.492 e. The second-order valence-electron chi connectivity index (χ2n) is 7.26. The molecule has 29 heavy (non-hydrogen) atoms. The van der Waals surface area contributed by atoms with Gasteiger partial charge in [-0.25, -0.2) is 18.1 Å². The molecule has 2 aromatic rings. The number of piperazine rings is 1. The summed E-state index contributed by atoms with van der Waals surface area (Å²) in [5.74, 6) is 1.62. The Balaban J connectivity index is 1.46. The molecule has 1 aliphatic rings. The Kier molecular flexibility index (Phi) is 7.34. The Labute approximate surface area is 177 Å². The maximum absolute atomic E-state index is 12.2. The van der Waals surface area contributed by atoms with Crippen molar-refractivity contribution < 1.29 is 13.2 Å². The van der Waals surface area contributed by atoms with Crippen LogP contribution in [0.15, 0.2) is 47.5 Å². The quantitative estimate of drug-likeness (QED) is 0.682. The molecule has 1 aromatic carbocycles. The first-order valence-electron chi connectivity index (χ1n) is 9.67. The lowest BCUT2D eigenvalue weighted by molar-refractivity contribution is 0.200. The van der Waals surface area contributed by atoms with Gasteiger partial charge < -0.3 is 9.64 Å². The molecule has 158 valence electrons. The van der Waals surface area contributed by atoms with E-state index < -0.39 is 10.0 Å². The smallest absolute Gasteiger partial charge is 0.242 e. The Morgan fingerprint density at radius 1 is 1.10 bits per heavy atom. The number of anilines is 1. The average molecular weight is 439 g/mol. The Morgan fingerprint density at radius 2 is 1.79 bits per heavy atom. The normalized spacial score (nSPS) is 15.7. The predicted octanol–water partition coefficient (Wildman–Crippen LogP) is 2.62. The van der Waals surface area contributed by atoms with Crippen LogP contribution in [0.4, 0.5) is 5.82 Å². The van der Waals surface area contributed by atoms with Crippen LogP contribution in [0.25, 0.3) is 0 Å². The first-order chi connectivity index (χ1) is 13.8. The zero-order valence-electron chi connectivity index (χ0n) is 16.7. The summed E-state index contributed by atoms with van der Waals surface area (Å²) in [6, 6.07) is 10.6. The maximum atomic E-state index is 12.2. The van der Waals surface area contributed by atoms with Crippen molar-refractivity contribution >= 4 is 27.4 Å². The summed E-state index contributed by atoms with van der Waals surface area (Å²) >= 11 is 5.88. The second kappa shape index (κ2) is 9.75. The summed E-state index contributed by atoms with van der Waals surface area (Å²) < 4.78 is 32.7. The SMILES string of the molecule is CC(C)NS(=O)(=O)c1ccc(N2CCN(CCOc3ccc(Cl)cc3)CC2)nc1. The monoisotopic (exact) mass is 438 g/mol. The lowest BCUT2D eigenvalue weighted by Crippen LogP contribution is -2.47. The van der Waals surface area contributed by atoms with Crippen LogP contribution in [0.1, 0.15) is 13.8 Å². The summed E-state index contributed by atoms with van der Waals surface area (Å²) in [4.78, 5) is 9.07. The summed E-state index contributed by atoms with van der Waals surface area (Å²) in [6.07, 6.45) is 1.42. The molecule has 1 aliphatic heterocycles. The van der Waals surface area contributed by atoms with Crippen molar-refractivity contribution in [1.82, 2.24) is 14.6 Å². The number of hydrogen-bond donors (Lipinski definition) is 1. The van der Waals surface area contributed by atoms with Crippen LogP contribution in [-0.4, -0.2) is 63.7 Å². The van der Waals surface area contributed by atoms with E-state index in [-0.39, 0.29) is 10.9 Å². The van der Waals surface area contributed by atoms with Crippen LogP contribution < -0.4 is 14.4 Å². The van der Waals surface area contributed by atoms with E-state index in [1.807, 2.05) is 24.3 Å². The van der Waals surface area contributed by atoms with Gasteiger partial charge in [0.15, 0.2) is 0 Å². The third-order valence-corrected chi connectivity index (χ3v) is 6.50. The van der Waals surface area contributed by atoms with Crippen molar-refractivity contribution in [3.63, 3.8) is 0 Å². The van der Waals surface area contributed by atoms with Gasteiger partial charge in [0.05, 0.1) is 0 Å². The number of hydrogen-bond acceptors (Lipinski definition) is 6. The molecular weight excluding hydrogens is 412 g/mol. The Morgan fingerprint density at radius 3 is 2.38 bits per heavy atom. The second-order valence-corrected chi connectivity index (χ2v) is 9.41. The van der Waals surface area contributed by atoms with Gasteiger partial charge in [0.2, 0.25) is 10.0 Å². The zero-order valence-corrected chi connectivity index (χ0v) is 18.3. The minimum absolute atomic E-state index is 0.156. The van der Waals surface area contributed by atoms with E-state index >= 15 is 0 Å². The largest absolute Gasteiger partial charge is 0.492 e. The number of ether oxygens (including phenoxy) is 1. The fourth-order valence-corrected chi connectivity index (χ4v) is 4.44. The summed E-state index contributed by atoms with van der Waals surface area (Å²) in [6.45, 7) is 8.53. The lowest BCUT2D eigenvalue weighted by atomic mass is 10.3. The summed E-state index contributed by atoms with van der Waals surface area (Å²) in [7, 11) is -3.51. The van der Waals surface area contributed by atoms with E-state index in [1.165, 1.54) is 6.20 Å². The van der Waals surface area contributed by atoms with Crippen molar-refractivity contribution in [2.24, 2.45) is 0 Å². The van der Waals surface area contributed by atoms with Gasteiger partial charge >= 0.3 is 0 Å². The molecule has 7 nitrogen and oxygen atoms in total. The number of nitrogens with zero attached hydrogens (tertiary/aromatic N) is 3. The van der Waals surface area contributed by atoms with Crippen LogP contribution in [0.2, 0.25) is 5.02 Å². The third-order valence-electron chi connectivity index (χ3n) is 4.61. The molecule has 1 fully saturated rings. The van der Waals surface area contributed by atoms with E-state index in [9.17, 15) is 8.42 Å². The van der Waals surface area contributed by atoms with Gasteiger partial charge in [-0.1, -0.05) is 11.6 Å². The topological polar surface area (TPSA) is 74.8 Å². The number of halogens is 1. The van der Waals surface area contributed by atoms with Gasteiger partial charge in [-0.3, -0.25) is 4.90 Å². The van der Waals surface area contributed by atoms with Crippen LogP contribution in [0.5, 0.6) is 5.75 Å². The molecule has 0 aliphatic carbocycles. The molecule has 2 heterocycles. The van der Waals surface area contributed by atoms with Crippen LogP contribution >= 0.6 is 11.6 Å². The molecule has 3 rings (SSSR count). The van der Waals surface area contributed by atoms with Crippen molar-refractivity contribution in [1.29, 1.82) is 0 Å². The van der Waals surface area contributed by atoms with E-state index in [4.69, 9.17) is 16.3 Å². The number of benzene rings is 1. The predicted molar refractivity (Wildman–Crippen MR) is 115 cm³/mol. The van der Waals surface area contributed by atoms with Gasteiger partial charge in [-0.15, -0.1) is 0 Å². The molecule has 1 aromatic heterocycles. The third kappa shape index (κ3) is 6.30. The standard InChI is InChI=1S/C20H27ClN4O3S/c1-16(2)23-29(26,27)19-7-8-20(22-15-19)25-11-9-24(10-12-25)13-14-28-18-5-3-17(21)4-6-18/h3-8,15-16,23H,9-14H2,1-2H3. The Hall–Kier alpha value is -1.87. The van der Waals surface area contributed by atoms with Crippen molar-refractivity contribution in [2.75, 3.05) is 44.2 Å². The molecule has 0 amide bonds. The molecule has 0 radical (unpaired) electrons. The highest BCUT2D eigenvalue weighted by Gasteiger charge is 2.20. The summed E-state index contributed by atoms with van der Waals surface area (Å²) in [5.41, 5.74) is 0. The zero-order chi connectivity index (χ0) is 20.9. The number of nitrogens with one attached hydrogen (secondary N) is 1. The average Bonchev–Trinajstić information content (AvgIpc) is 2.69. The van der Waals surface area contributed by atoms with Crippen LogP contribution in [-0.2, 0) is 10.0 Å². The lowest BCUT2D eigenvalue weighted by Gasteiger charge is -2.35. The van der Waals surface area contributed by atoms with Gasteiger partial charge in [0, 0.05) is 50.0 Å². The molecule has 0 bridgehead atoms. The number of aromatic nitrogens is 1. The van der Waals surface area contributed by atoms with E-state index in [0.717, 1.165) is 44.3 Å². The highest BCUT2D eigenvalue weighted by Crippen LogP contribution is 2.18. The Bertz CT molecular complexity index is 881. The molecule has 0 saturated carbocycles. The van der Waals surface area contributed by atoms with E-state index in [1.54, 1.807) is 26.0 Å². The van der Waals surface area contributed by atoms with Crippen molar-refractivity contribution in [2.45, 2.75) is 24.8 Å². The van der Waals surface area contributed by atoms with Crippen molar-refractivity contribution in [3.8, 4) is 5.75 Å². The van der Waals surface area contributed by atoms with E-state index in [0.29, 0.717) is 11.6 Å². The fraction of sp³-hybridized carbons (Fsp3) is 0.450. The molecule has 9 heteroatoms. The molecule has 1 saturated heterocycles. The molecule has 0 unspecified atom stereocenters. The highest BCUT2D eigenvalue weighted by molar-refractivity contribution is 7.89. The van der Waals surface area contributed by atoms with E-state index in [2.05, 4.69) is 19.5 Å². The number of sulfonamides is 1. The number of pyridine rings is 1. The maximum Gasteiger partial charge on any atom is 0.242 e. The highest BCUT2D eigenvalue weighted by atomic mass is 35.5. The van der Waals surface area contributed by atoms with Gasteiger partial charge in [-0.2, -0.15) is 0 Å². The molecule has 0 atom stereocenters. The first-order valence-corrected chi connectivity index (χ1v) is 11.5.